The molecule has 0 radical (unpaired) electrons. The van der Waals surface area contributed by atoms with Crippen LogP contribution >= 0.6 is 23.1 Å². The van der Waals surface area contributed by atoms with Gasteiger partial charge in [-0.1, -0.05) is 18.2 Å². The number of thiazole rings is 1. The van der Waals surface area contributed by atoms with Crippen molar-refractivity contribution in [1.29, 1.82) is 0 Å². The van der Waals surface area contributed by atoms with E-state index < -0.39 is 15.9 Å². The Balaban J connectivity index is 1.56. The highest BCUT2D eigenvalue weighted by molar-refractivity contribution is 7.99. The van der Waals surface area contributed by atoms with Crippen molar-refractivity contribution in [3.63, 3.8) is 0 Å². The first-order valence-corrected chi connectivity index (χ1v) is 12.7. The molecular weight excluding hydrogens is 447 g/mol. The van der Waals surface area contributed by atoms with Gasteiger partial charge in [0, 0.05) is 47.9 Å². The van der Waals surface area contributed by atoms with E-state index in [-0.39, 0.29) is 23.0 Å². The second-order valence-electron chi connectivity index (χ2n) is 6.59. The lowest BCUT2D eigenvalue weighted by Gasteiger charge is -2.24. The molecule has 4 rings (SSSR count). The number of thioether (sulfide) groups is 1. The molecule has 0 bridgehead atoms. The summed E-state index contributed by atoms with van der Waals surface area (Å²) in [5.74, 6) is 0.593. The van der Waals surface area contributed by atoms with Gasteiger partial charge in [0.1, 0.15) is 16.4 Å². The topological polar surface area (TPSA) is 87.5 Å². The zero-order chi connectivity index (χ0) is 21.1. The number of carbonyl (C=O) groups excluding carboxylic acids is 1. The molecule has 1 saturated heterocycles. The van der Waals surface area contributed by atoms with E-state index in [4.69, 9.17) is 0 Å². The van der Waals surface area contributed by atoms with Gasteiger partial charge in [-0.2, -0.15) is 21.1 Å². The fourth-order valence-corrected chi connectivity index (χ4v) is 6.34. The highest BCUT2D eigenvalue weighted by Gasteiger charge is 2.27. The van der Waals surface area contributed by atoms with Crippen LogP contribution in [0.3, 0.4) is 0 Å². The standard InChI is InChI=1S/C19H19FN4O3S3/c20-16-4-2-1-3-14(16)13-23-5-10-29-19(23)22-18(25)17-11-15(12-21-17)30(26,27)24-6-8-28-9-7-24/h1-5,10-12,21H,6-9,13H2. The Bertz CT molecular complexity index is 1220. The average Bonchev–Trinajstić information content (AvgIpc) is 3.41. The number of carbonyl (C=O) groups is 1. The van der Waals surface area contributed by atoms with Crippen molar-refractivity contribution in [2.75, 3.05) is 24.6 Å². The number of benzene rings is 1. The number of sulfonamides is 1. The lowest BCUT2D eigenvalue weighted by molar-refractivity contribution is 0.0993. The molecule has 0 unspecified atom stereocenters. The summed E-state index contributed by atoms with van der Waals surface area (Å²) in [6.07, 6.45) is 3.05. The fraction of sp³-hybridized carbons (Fsp3) is 0.263. The van der Waals surface area contributed by atoms with Gasteiger partial charge in [-0.25, -0.2) is 12.8 Å². The smallest absolute Gasteiger partial charge is 0.296 e. The largest absolute Gasteiger partial charge is 0.356 e. The van der Waals surface area contributed by atoms with Gasteiger partial charge < -0.3 is 9.55 Å². The number of hydrogen-bond acceptors (Lipinski definition) is 5. The molecule has 11 heteroatoms. The number of rotatable bonds is 5. The molecule has 1 fully saturated rings. The number of halogens is 1. The molecule has 1 N–H and O–H groups in total. The van der Waals surface area contributed by atoms with Crippen molar-refractivity contribution in [3.8, 4) is 0 Å². The van der Waals surface area contributed by atoms with Crippen LogP contribution in [0, 0.1) is 5.82 Å². The highest BCUT2D eigenvalue weighted by Crippen LogP contribution is 2.21. The maximum atomic E-state index is 13.9. The molecule has 30 heavy (non-hydrogen) atoms. The summed E-state index contributed by atoms with van der Waals surface area (Å²) in [5.41, 5.74) is 0.573. The first-order valence-electron chi connectivity index (χ1n) is 9.18. The molecule has 0 saturated carbocycles. The van der Waals surface area contributed by atoms with Crippen molar-refractivity contribution in [2.45, 2.75) is 11.4 Å². The number of hydrogen-bond donors (Lipinski definition) is 1. The number of amides is 1. The molecule has 1 aliphatic heterocycles. The molecule has 1 aromatic carbocycles. The minimum Gasteiger partial charge on any atom is -0.356 e. The third-order valence-electron chi connectivity index (χ3n) is 4.65. The number of nitrogens with one attached hydrogen (secondary N) is 1. The fourth-order valence-electron chi connectivity index (χ4n) is 3.05. The summed E-state index contributed by atoms with van der Waals surface area (Å²) in [5, 5.41) is 1.76. The van der Waals surface area contributed by atoms with Crippen LogP contribution in [0.1, 0.15) is 16.1 Å². The summed E-state index contributed by atoms with van der Waals surface area (Å²) < 4.78 is 42.5. The molecule has 3 aromatic rings. The van der Waals surface area contributed by atoms with Crippen molar-refractivity contribution in [2.24, 2.45) is 4.99 Å². The lowest BCUT2D eigenvalue weighted by Crippen LogP contribution is -2.37. The first kappa shape index (κ1) is 21.0. The molecule has 1 aliphatic rings. The van der Waals surface area contributed by atoms with Crippen LogP contribution in [0.4, 0.5) is 4.39 Å². The molecule has 2 aromatic heterocycles. The summed E-state index contributed by atoms with van der Waals surface area (Å²) in [6, 6.07) is 7.73. The van der Waals surface area contributed by atoms with Crippen molar-refractivity contribution < 1.29 is 17.6 Å². The van der Waals surface area contributed by atoms with E-state index in [2.05, 4.69) is 9.98 Å². The van der Waals surface area contributed by atoms with Gasteiger partial charge in [0.05, 0.1) is 6.54 Å². The number of H-pyrrole nitrogens is 1. The second-order valence-corrected chi connectivity index (χ2v) is 10.6. The van der Waals surface area contributed by atoms with Crippen LogP contribution in [0.2, 0.25) is 0 Å². The zero-order valence-corrected chi connectivity index (χ0v) is 18.3. The Morgan fingerprint density at radius 2 is 2.00 bits per heavy atom. The first-order chi connectivity index (χ1) is 14.4. The molecule has 0 atom stereocenters. The van der Waals surface area contributed by atoms with Gasteiger partial charge in [-0.05, 0) is 12.1 Å². The minimum atomic E-state index is -3.64. The van der Waals surface area contributed by atoms with Gasteiger partial charge in [0.2, 0.25) is 10.0 Å². The van der Waals surface area contributed by atoms with Gasteiger partial charge >= 0.3 is 0 Å². The Morgan fingerprint density at radius 3 is 2.77 bits per heavy atom. The normalized spacial score (nSPS) is 16.1. The Labute approximate surface area is 181 Å². The van der Waals surface area contributed by atoms with Crippen LogP contribution in [0.15, 0.2) is 58.0 Å². The molecule has 158 valence electrons. The van der Waals surface area contributed by atoms with E-state index in [0.717, 1.165) is 11.5 Å². The molecule has 1 amide bonds. The van der Waals surface area contributed by atoms with Gasteiger partial charge in [0.15, 0.2) is 4.80 Å². The number of nitrogens with zero attached hydrogens (tertiary/aromatic N) is 3. The van der Waals surface area contributed by atoms with E-state index in [9.17, 15) is 17.6 Å². The molecule has 3 heterocycles. The SMILES string of the molecule is O=C(N=c1sccn1Cc1ccccc1F)c1cc(S(=O)(=O)N2CCSCC2)c[nH]1. The zero-order valence-electron chi connectivity index (χ0n) is 15.8. The summed E-state index contributed by atoms with van der Waals surface area (Å²) in [6.45, 7) is 1.15. The predicted molar refractivity (Wildman–Crippen MR) is 115 cm³/mol. The van der Waals surface area contributed by atoms with Crippen LogP contribution in [-0.2, 0) is 16.6 Å². The van der Waals surface area contributed by atoms with Gasteiger partial charge in [-0.15, -0.1) is 11.3 Å². The number of aromatic nitrogens is 2. The highest BCUT2D eigenvalue weighted by atomic mass is 32.2. The maximum Gasteiger partial charge on any atom is 0.296 e. The molecule has 7 nitrogen and oxygen atoms in total. The quantitative estimate of drug-likeness (QED) is 0.626. The van der Waals surface area contributed by atoms with E-state index >= 15 is 0 Å². The molecular formula is C19H19FN4O3S3. The second kappa shape index (κ2) is 8.88. The lowest BCUT2D eigenvalue weighted by atomic mass is 10.2. The monoisotopic (exact) mass is 466 g/mol. The molecule has 0 spiro atoms. The minimum absolute atomic E-state index is 0.0540. The summed E-state index contributed by atoms with van der Waals surface area (Å²) in [7, 11) is -3.64. The Morgan fingerprint density at radius 1 is 1.23 bits per heavy atom. The van der Waals surface area contributed by atoms with Gasteiger partial charge in [0.25, 0.3) is 5.91 Å². The van der Waals surface area contributed by atoms with E-state index in [1.165, 1.54) is 34.0 Å². The molecule has 0 aliphatic carbocycles. The Hall–Kier alpha value is -2.21. The van der Waals surface area contributed by atoms with Gasteiger partial charge in [-0.3, -0.25) is 4.79 Å². The third kappa shape index (κ3) is 4.43. The van der Waals surface area contributed by atoms with Crippen molar-refractivity contribution in [3.05, 3.63) is 70.0 Å². The maximum absolute atomic E-state index is 13.9. The van der Waals surface area contributed by atoms with Crippen LogP contribution < -0.4 is 4.80 Å². The predicted octanol–water partition coefficient (Wildman–Crippen LogP) is 2.54. The van der Waals surface area contributed by atoms with Crippen LogP contribution in [0.5, 0.6) is 0 Å². The van der Waals surface area contributed by atoms with Crippen LogP contribution in [-0.4, -0.2) is 52.8 Å². The average molecular weight is 467 g/mol. The summed E-state index contributed by atoms with van der Waals surface area (Å²) >= 11 is 2.96. The van der Waals surface area contributed by atoms with E-state index in [0.29, 0.717) is 23.5 Å². The van der Waals surface area contributed by atoms with Crippen molar-refractivity contribution in [1.82, 2.24) is 13.9 Å². The van der Waals surface area contributed by atoms with E-state index in [1.807, 2.05) is 0 Å². The summed E-state index contributed by atoms with van der Waals surface area (Å²) in [4.78, 5) is 19.9. The van der Waals surface area contributed by atoms with Crippen LogP contribution in [0.25, 0.3) is 0 Å². The van der Waals surface area contributed by atoms with E-state index in [1.54, 1.807) is 46.1 Å². The third-order valence-corrected chi connectivity index (χ3v) is 8.26. The number of aromatic amines is 1. The van der Waals surface area contributed by atoms with Crippen molar-refractivity contribution >= 4 is 39.0 Å². The Kier molecular flexibility index (Phi) is 6.23.